The maximum Gasteiger partial charge on any atom is 0.255 e. The molecule has 0 bridgehead atoms. The van der Waals surface area contributed by atoms with Gasteiger partial charge in [-0.3, -0.25) is 4.79 Å². The van der Waals surface area contributed by atoms with Gasteiger partial charge >= 0.3 is 0 Å². The number of ether oxygens (including phenoxy) is 1. The normalized spacial score (nSPS) is 10.8. The van der Waals surface area contributed by atoms with Gasteiger partial charge in [0.15, 0.2) is 0 Å². The third-order valence-corrected chi connectivity index (χ3v) is 5.19. The fraction of sp³-hybridized carbons (Fsp3) is 0.143. The molecule has 4 rings (SSSR count). The van der Waals surface area contributed by atoms with E-state index in [4.69, 9.17) is 4.74 Å². The molecule has 0 atom stereocenters. The van der Waals surface area contributed by atoms with Crippen LogP contribution in [-0.4, -0.2) is 32.8 Å². The van der Waals surface area contributed by atoms with Gasteiger partial charge in [-0.2, -0.15) is 9.78 Å². The average molecular weight is 405 g/mol. The van der Waals surface area contributed by atoms with Gasteiger partial charge in [0, 0.05) is 19.9 Å². The highest BCUT2D eigenvalue weighted by molar-refractivity contribution is 7.13. The number of hydrogen-bond acceptors (Lipinski definition) is 6. The highest BCUT2D eigenvalue weighted by atomic mass is 32.1. The summed E-state index contributed by atoms with van der Waals surface area (Å²) in [4.78, 5) is 22.7. The summed E-state index contributed by atoms with van der Waals surface area (Å²) in [7, 11) is 1.58. The predicted octanol–water partition coefficient (Wildman–Crippen LogP) is 3.47. The van der Waals surface area contributed by atoms with Crippen molar-refractivity contribution in [2.24, 2.45) is 0 Å². The van der Waals surface area contributed by atoms with E-state index in [1.807, 2.05) is 53.9 Å². The van der Waals surface area contributed by atoms with E-state index in [-0.39, 0.29) is 12.5 Å². The van der Waals surface area contributed by atoms with Gasteiger partial charge in [0.2, 0.25) is 0 Å². The molecule has 146 valence electrons. The maximum absolute atomic E-state index is 12.8. The van der Waals surface area contributed by atoms with Crippen molar-refractivity contribution in [3.63, 3.8) is 0 Å². The SMILES string of the molecule is COCc1c(C(=O)NCc2ccccc2)cnn1-c1nccc(-c2cccs2)n1. The monoisotopic (exact) mass is 405 g/mol. The van der Waals surface area contributed by atoms with Crippen molar-refractivity contribution >= 4 is 17.2 Å². The lowest BCUT2D eigenvalue weighted by Gasteiger charge is -2.09. The van der Waals surface area contributed by atoms with Crippen LogP contribution < -0.4 is 5.32 Å². The first kappa shape index (κ1) is 19.0. The number of carbonyl (C=O) groups is 1. The summed E-state index contributed by atoms with van der Waals surface area (Å²) < 4.78 is 6.86. The standard InChI is InChI=1S/C21H19N5O2S/c1-28-14-18-16(20(27)23-12-15-6-3-2-4-7-15)13-24-26(18)21-22-10-9-17(25-21)19-8-5-11-29-19/h2-11,13H,12,14H2,1H3,(H,23,27). The van der Waals surface area contributed by atoms with E-state index in [0.29, 0.717) is 23.8 Å². The summed E-state index contributed by atoms with van der Waals surface area (Å²) in [6.07, 6.45) is 3.21. The van der Waals surface area contributed by atoms with Crippen LogP contribution in [0.5, 0.6) is 0 Å². The van der Waals surface area contributed by atoms with E-state index in [1.165, 1.54) is 6.20 Å². The molecule has 1 aromatic carbocycles. The molecule has 0 spiro atoms. The zero-order valence-corrected chi connectivity index (χ0v) is 16.6. The highest BCUT2D eigenvalue weighted by Crippen LogP contribution is 2.23. The number of methoxy groups -OCH3 is 1. The number of nitrogens with zero attached hydrogens (tertiary/aromatic N) is 4. The number of nitrogens with one attached hydrogen (secondary N) is 1. The molecule has 0 aliphatic heterocycles. The quantitative estimate of drug-likeness (QED) is 0.509. The first-order chi connectivity index (χ1) is 14.3. The van der Waals surface area contributed by atoms with Crippen molar-refractivity contribution in [1.82, 2.24) is 25.1 Å². The largest absolute Gasteiger partial charge is 0.378 e. The molecular formula is C21H19N5O2S. The van der Waals surface area contributed by atoms with E-state index in [2.05, 4.69) is 20.4 Å². The van der Waals surface area contributed by atoms with Gasteiger partial charge in [0.1, 0.15) is 0 Å². The molecule has 0 radical (unpaired) electrons. The zero-order chi connectivity index (χ0) is 20.1. The molecule has 4 aromatic rings. The number of carbonyl (C=O) groups excluding carboxylic acids is 1. The fourth-order valence-corrected chi connectivity index (χ4v) is 3.59. The number of thiophene rings is 1. The molecule has 7 nitrogen and oxygen atoms in total. The van der Waals surface area contributed by atoms with Crippen LogP contribution in [0.3, 0.4) is 0 Å². The first-order valence-electron chi connectivity index (χ1n) is 9.01. The van der Waals surface area contributed by atoms with Crippen molar-refractivity contribution in [3.8, 4) is 16.5 Å². The third kappa shape index (κ3) is 4.23. The van der Waals surface area contributed by atoms with Crippen LogP contribution in [0.15, 0.2) is 66.3 Å². The fourth-order valence-electron chi connectivity index (χ4n) is 2.90. The minimum Gasteiger partial charge on any atom is -0.378 e. The lowest BCUT2D eigenvalue weighted by Crippen LogP contribution is -2.24. The highest BCUT2D eigenvalue weighted by Gasteiger charge is 2.20. The molecule has 0 saturated carbocycles. The predicted molar refractivity (Wildman–Crippen MR) is 111 cm³/mol. The Kier molecular flexibility index (Phi) is 5.73. The summed E-state index contributed by atoms with van der Waals surface area (Å²) in [5.41, 5.74) is 2.86. The Labute approximate surface area is 172 Å². The minimum atomic E-state index is -0.221. The number of benzene rings is 1. The van der Waals surface area contributed by atoms with Crippen LogP contribution >= 0.6 is 11.3 Å². The molecular weight excluding hydrogens is 386 g/mol. The Bertz CT molecular complexity index is 1090. The number of hydrogen-bond donors (Lipinski definition) is 1. The van der Waals surface area contributed by atoms with Crippen molar-refractivity contribution in [1.29, 1.82) is 0 Å². The molecule has 1 N–H and O–H groups in total. The molecule has 3 heterocycles. The van der Waals surface area contributed by atoms with Crippen LogP contribution in [0.25, 0.3) is 16.5 Å². The van der Waals surface area contributed by atoms with E-state index in [9.17, 15) is 4.79 Å². The van der Waals surface area contributed by atoms with Crippen molar-refractivity contribution in [2.75, 3.05) is 7.11 Å². The van der Waals surface area contributed by atoms with Crippen LogP contribution in [-0.2, 0) is 17.9 Å². The number of amides is 1. The summed E-state index contributed by atoms with van der Waals surface area (Å²) in [6.45, 7) is 0.641. The van der Waals surface area contributed by atoms with Crippen LogP contribution in [0.4, 0.5) is 0 Å². The average Bonchev–Trinajstić information content (AvgIpc) is 3.44. The topological polar surface area (TPSA) is 81.9 Å². The van der Waals surface area contributed by atoms with Crippen LogP contribution in [0, 0.1) is 0 Å². The van der Waals surface area contributed by atoms with Gasteiger partial charge in [0.25, 0.3) is 11.9 Å². The summed E-state index contributed by atoms with van der Waals surface area (Å²) in [5, 5.41) is 9.28. The second kappa shape index (κ2) is 8.76. The van der Waals surface area contributed by atoms with Crippen LogP contribution in [0.1, 0.15) is 21.6 Å². The molecule has 0 saturated heterocycles. The lowest BCUT2D eigenvalue weighted by atomic mass is 10.2. The van der Waals surface area contributed by atoms with Crippen molar-refractivity contribution in [2.45, 2.75) is 13.2 Å². The molecule has 0 fully saturated rings. The first-order valence-corrected chi connectivity index (χ1v) is 9.89. The zero-order valence-electron chi connectivity index (χ0n) is 15.8. The number of rotatable bonds is 7. The van der Waals surface area contributed by atoms with Gasteiger partial charge < -0.3 is 10.1 Å². The summed E-state index contributed by atoms with van der Waals surface area (Å²) >= 11 is 1.60. The Morgan fingerprint density at radius 1 is 1.17 bits per heavy atom. The van der Waals surface area contributed by atoms with E-state index < -0.39 is 0 Å². The molecule has 8 heteroatoms. The van der Waals surface area contributed by atoms with Crippen LogP contribution in [0.2, 0.25) is 0 Å². The van der Waals surface area contributed by atoms with Gasteiger partial charge in [-0.1, -0.05) is 36.4 Å². The van der Waals surface area contributed by atoms with E-state index in [0.717, 1.165) is 16.1 Å². The summed E-state index contributed by atoms with van der Waals surface area (Å²) in [5.74, 6) is 0.173. The smallest absolute Gasteiger partial charge is 0.255 e. The molecule has 29 heavy (non-hydrogen) atoms. The van der Waals surface area contributed by atoms with Crippen molar-refractivity contribution in [3.05, 3.63) is 83.1 Å². The Morgan fingerprint density at radius 2 is 2.03 bits per heavy atom. The third-order valence-electron chi connectivity index (χ3n) is 4.30. The molecule has 1 amide bonds. The summed E-state index contributed by atoms with van der Waals surface area (Å²) in [6, 6.07) is 15.6. The van der Waals surface area contributed by atoms with E-state index in [1.54, 1.807) is 29.3 Å². The minimum absolute atomic E-state index is 0.209. The number of aromatic nitrogens is 4. The van der Waals surface area contributed by atoms with Crippen molar-refractivity contribution < 1.29 is 9.53 Å². The molecule has 3 aromatic heterocycles. The van der Waals surface area contributed by atoms with Gasteiger partial charge in [-0.15, -0.1) is 11.3 Å². The molecule has 0 aliphatic carbocycles. The van der Waals surface area contributed by atoms with Gasteiger partial charge in [0.05, 0.1) is 34.6 Å². The second-order valence-electron chi connectivity index (χ2n) is 6.24. The van der Waals surface area contributed by atoms with E-state index >= 15 is 0 Å². The Morgan fingerprint density at radius 3 is 2.79 bits per heavy atom. The molecule has 0 unspecified atom stereocenters. The Balaban J connectivity index is 1.61. The molecule has 0 aliphatic rings. The lowest BCUT2D eigenvalue weighted by molar-refractivity contribution is 0.0945. The second-order valence-corrected chi connectivity index (χ2v) is 7.18. The Hall–Kier alpha value is -3.36. The van der Waals surface area contributed by atoms with Gasteiger partial charge in [-0.25, -0.2) is 9.97 Å². The maximum atomic E-state index is 12.8. The van der Waals surface area contributed by atoms with Gasteiger partial charge in [-0.05, 0) is 23.1 Å².